The van der Waals surface area contributed by atoms with Crippen LogP contribution in [-0.2, 0) is 5.75 Å². The number of rotatable bonds is 3. The highest BCUT2D eigenvalue weighted by Crippen LogP contribution is 2.29. The van der Waals surface area contributed by atoms with E-state index in [4.69, 9.17) is 5.73 Å². The van der Waals surface area contributed by atoms with Gasteiger partial charge in [-0.25, -0.2) is 0 Å². The van der Waals surface area contributed by atoms with Crippen LogP contribution < -0.4 is 5.73 Å². The summed E-state index contributed by atoms with van der Waals surface area (Å²) in [6, 6.07) is 13.2. The molecule has 0 saturated heterocycles. The number of thioether (sulfide) groups is 1. The average molecular weight is 310 g/mol. The van der Waals surface area contributed by atoms with Gasteiger partial charge in [0.25, 0.3) is 0 Å². The van der Waals surface area contributed by atoms with Crippen LogP contribution in [0.2, 0.25) is 0 Å². The van der Waals surface area contributed by atoms with Gasteiger partial charge in [0, 0.05) is 26.4 Å². The maximum absolute atomic E-state index is 9.68. The van der Waals surface area contributed by atoms with E-state index in [-0.39, 0.29) is 0 Å². The summed E-state index contributed by atoms with van der Waals surface area (Å²) in [7, 11) is 0. The van der Waals surface area contributed by atoms with Crippen LogP contribution in [0.5, 0.6) is 5.75 Å². The number of phenols is 1. The summed E-state index contributed by atoms with van der Waals surface area (Å²) in [6.45, 7) is 0. The van der Waals surface area contributed by atoms with Gasteiger partial charge in [-0.2, -0.15) is 0 Å². The molecule has 0 bridgehead atoms. The molecule has 0 aliphatic rings. The van der Waals surface area contributed by atoms with E-state index in [1.54, 1.807) is 30.0 Å². The molecule has 2 rings (SSSR count). The number of nitrogens with two attached hydrogens (primary N) is 1. The Kier molecular flexibility index (Phi) is 3.97. The molecule has 0 amide bonds. The van der Waals surface area contributed by atoms with Crippen molar-refractivity contribution < 1.29 is 5.11 Å². The SMILES string of the molecule is Nc1ccc(O)c(CSc2ccc(Br)cc2)c1. The first-order valence-corrected chi connectivity index (χ1v) is 6.89. The maximum atomic E-state index is 9.68. The summed E-state index contributed by atoms with van der Waals surface area (Å²) in [5, 5.41) is 9.68. The number of anilines is 1. The summed E-state index contributed by atoms with van der Waals surface area (Å²) >= 11 is 5.07. The molecule has 3 N–H and O–H groups in total. The Morgan fingerprint density at radius 2 is 1.82 bits per heavy atom. The number of benzene rings is 2. The molecule has 2 nitrogen and oxygen atoms in total. The summed E-state index contributed by atoms with van der Waals surface area (Å²) in [4.78, 5) is 1.16. The summed E-state index contributed by atoms with van der Waals surface area (Å²) < 4.78 is 1.06. The number of nitrogen functional groups attached to an aromatic ring is 1. The third kappa shape index (κ3) is 3.41. The second kappa shape index (κ2) is 5.47. The first-order chi connectivity index (χ1) is 8.15. The van der Waals surface area contributed by atoms with Gasteiger partial charge in [0.2, 0.25) is 0 Å². The van der Waals surface area contributed by atoms with Crippen molar-refractivity contribution in [2.45, 2.75) is 10.6 Å². The molecule has 2 aromatic carbocycles. The van der Waals surface area contributed by atoms with Gasteiger partial charge < -0.3 is 10.8 Å². The Bertz CT molecular complexity index is 513. The quantitative estimate of drug-likeness (QED) is 0.511. The second-order valence-corrected chi connectivity index (χ2v) is 5.60. The monoisotopic (exact) mass is 309 g/mol. The molecular formula is C13H12BrNOS. The lowest BCUT2D eigenvalue weighted by molar-refractivity contribution is 0.471. The smallest absolute Gasteiger partial charge is 0.119 e. The van der Waals surface area contributed by atoms with Crippen LogP contribution in [0.3, 0.4) is 0 Å². The van der Waals surface area contributed by atoms with Crippen LogP contribution in [0.1, 0.15) is 5.56 Å². The molecular weight excluding hydrogens is 298 g/mol. The molecule has 17 heavy (non-hydrogen) atoms. The Hall–Kier alpha value is -1.13. The molecule has 0 unspecified atom stereocenters. The molecule has 0 aliphatic heterocycles. The molecule has 0 spiro atoms. The van der Waals surface area contributed by atoms with Crippen LogP contribution in [0.4, 0.5) is 5.69 Å². The highest BCUT2D eigenvalue weighted by atomic mass is 79.9. The van der Waals surface area contributed by atoms with E-state index in [0.29, 0.717) is 17.2 Å². The Morgan fingerprint density at radius 3 is 2.53 bits per heavy atom. The maximum Gasteiger partial charge on any atom is 0.119 e. The minimum absolute atomic E-state index is 0.295. The van der Waals surface area contributed by atoms with Gasteiger partial charge >= 0.3 is 0 Å². The van der Waals surface area contributed by atoms with Gasteiger partial charge in [0.05, 0.1) is 0 Å². The zero-order valence-electron chi connectivity index (χ0n) is 9.06. The van der Waals surface area contributed by atoms with E-state index in [1.165, 1.54) is 0 Å². The van der Waals surface area contributed by atoms with Crippen LogP contribution in [0.25, 0.3) is 0 Å². The number of halogens is 1. The number of hydrogen-bond donors (Lipinski definition) is 2. The summed E-state index contributed by atoms with van der Waals surface area (Å²) in [5.74, 6) is 1.00. The third-order valence-electron chi connectivity index (χ3n) is 2.31. The second-order valence-electron chi connectivity index (χ2n) is 3.63. The van der Waals surface area contributed by atoms with Crippen molar-refractivity contribution in [3.63, 3.8) is 0 Å². The lowest BCUT2D eigenvalue weighted by atomic mass is 10.2. The van der Waals surface area contributed by atoms with Gasteiger partial charge in [-0.3, -0.25) is 0 Å². The normalized spacial score (nSPS) is 10.4. The van der Waals surface area contributed by atoms with Gasteiger partial charge in [-0.1, -0.05) is 15.9 Å². The van der Waals surface area contributed by atoms with Crippen LogP contribution in [0.15, 0.2) is 51.8 Å². The van der Waals surface area contributed by atoms with E-state index in [0.717, 1.165) is 14.9 Å². The van der Waals surface area contributed by atoms with Gasteiger partial charge in [-0.05, 0) is 42.5 Å². The summed E-state index contributed by atoms with van der Waals surface area (Å²) in [6.07, 6.45) is 0. The molecule has 0 aliphatic carbocycles. The highest BCUT2D eigenvalue weighted by Gasteiger charge is 2.02. The zero-order chi connectivity index (χ0) is 12.3. The number of phenolic OH excluding ortho intramolecular Hbond substituents is 1. The lowest BCUT2D eigenvalue weighted by Crippen LogP contribution is -1.88. The van der Waals surface area contributed by atoms with Crippen molar-refractivity contribution in [3.05, 3.63) is 52.5 Å². The van der Waals surface area contributed by atoms with Gasteiger partial charge in [0.1, 0.15) is 5.75 Å². The van der Waals surface area contributed by atoms with E-state index in [1.807, 2.05) is 24.3 Å². The van der Waals surface area contributed by atoms with Gasteiger partial charge in [-0.15, -0.1) is 11.8 Å². The molecule has 88 valence electrons. The Labute approximate surface area is 113 Å². The predicted octanol–water partition coefficient (Wildman–Crippen LogP) is 4.03. The van der Waals surface area contributed by atoms with Crippen molar-refractivity contribution in [2.24, 2.45) is 0 Å². The molecule has 0 atom stereocenters. The predicted molar refractivity (Wildman–Crippen MR) is 76.2 cm³/mol. The van der Waals surface area contributed by atoms with Gasteiger partial charge in [0.15, 0.2) is 0 Å². The largest absolute Gasteiger partial charge is 0.508 e. The zero-order valence-corrected chi connectivity index (χ0v) is 11.5. The van der Waals surface area contributed by atoms with E-state index < -0.39 is 0 Å². The fourth-order valence-electron chi connectivity index (χ4n) is 1.41. The van der Waals surface area contributed by atoms with Crippen LogP contribution >= 0.6 is 27.7 Å². The molecule has 0 aromatic heterocycles. The lowest BCUT2D eigenvalue weighted by Gasteiger charge is -2.05. The van der Waals surface area contributed by atoms with Crippen molar-refractivity contribution in [3.8, 4) is 5.75 Å². The molecule has 0 fully saturated rings. The van der Waals surface area contributed by atoms with Crippen molar-refractivity contribution in [1.82, 2.24) is 0 Å². The minimum atomic E-state index is 0.295. The first-order valence-electron chi connectivity index (χ1n) is 5.11. The van der Waals surface area contributed by atoms with E-state index >= 15 is 0 Å². The van der Waals surface area contributed by atoms with Crippen molar-refractivity contribution in [1.29, 1.82) is 0 Å². The Balaban J connectivity index is 2.07. The van der Waals surface area contributed by atoms with E-state index in [9.17, 15) is 5.11 Å². The van der Waals surface area contributed by atoms with Crippen molar-refractivity contribution in [2.75, 3.05) is 5.73 Å². The molecule has 4 heteroatoms. The molecule has 2 aromatic rings. The van der Waals surface area contributed by atoms with Crippen LogP contribution in [0, 0.1) is 0 Å². The number of hydrogen-bond acceptors (Lipinski definition) is 3. The highest BCUT2D eigenvalue weighted by molar-refractivity contribution is 9.10. The fraction of sp³-hybridized carbons (Fsp3) is 0.0769. The fourth-order valence-corrected chi connectivity index (χ4v) is 2.56. The molecule has 0 heterocycles. The number of aromatic hydroxyl groups is 1. The van der Waals surface area contributed by atoms with E-state index in [2.05, 4.69) is 15.9 Å². The van der Waals surface area contributed by atoms with Crippen molar-refractivity contribution >= 4 is 33.4 Å². The topological polar surface area (TPSA) is 46.2 Å². The Morgan fingerprint density at radius 1 is 1.12 bits per heavy atom. The van der Waals surface area contributed by atoms with Crippen LogP contribution in [-0.4, -0.2) is 5.11 Å². The third-order valence-corrected chi connectivity index (χ3v) is 3.90. The molecule has 0 saturated carbocycles. The molecule has 0 radical (unpaired) electrons. The average Bonchev–Trinajstić information content (AvgIpc) is 2.32. The standard InChI is InChI=1S/C13H12BrNOS/c14-10-1-4-12(5-2-10)17-8-9-7-11(15)3-6-13(9)16/h1-7,16H,8,15H2. The first kappa shape index (κ1) is 12.3. The summed E-state index contributed by atoms with van der Waals surface area (Å²) in [5.41, 5.74) is 7.22. The minimum Gasteiger partial charge on any atom is -0.508 e.